The molecule has 0 aliphatic heterocycles. The van der Waals surface area contributed by atoms with Gasteiger partial charge < -0.3 is 9.67 Å². The summed E-state index contributed by atoms with van der Waals surface area (Å²) in [4.78, 5) is 0. The molecule has 5 heteroatoms. The molecule has 2 nitrogen and oxygen atoms in total. The third kappa shape index (κ3) is 2.59. The summed E-state index contributed by atoms with van der Waals surface area (Å²) in [5.74, 6) is -0.608. The molecule has 0 radical (unpaired) electrons. The molecule has 0 saturated heterocycles. The van der Waals surface area contributed by atoms with Gasteiger partial charge in [-0.2, -0.15) is 0 Å². The molecule has 21 heavy (non-hydrogen) atoms. The lowest BCUT2D eigenvalue weighted by Crippen LogP contribution is -2.26. The molecule has 1 unspecified atom stereocenters. The van der Waals surface area contributed by atoms with Crippen molar-refractivity contribution in [2.45, 2.75) is 32.8 Å². The number of aliphatic hydroxyl groups is 1. The Morgan fingerprint density at radius 3 is 2.52 bits per heavy atom. The molecular weight excluding hydrogens is 312 g/mol. The second-order valence-corrected chi connectivity index (χ2v) is 7.19. The van der Waals surface area contributed by atoms with Crippen molar-refractivity contribution < 1.29 is 9.50 Å². The summed E-state index contributed by atoms with van der Waals surface area (Å²) in [5.41, 5.74) is 2.66. The van der Waals surface area contributed by atoms with Crippen LogP contribution in [0.1, 0.15) is 37.6 Å². The highest BCUT2D eigenvalue weighted by atomic mass is 35.5. The summed E-state index contributed by atoms with van der Waals surface area (Å²) in [6.07, 6.45) is 2.96. The van der Waals surface area contributed by atoms with Gasteiger partial charge in [0.25, 0.3) is 0 Å². The van der Waals surface area contributed by atoms with E-state index in [9.17, 15) is 9.50 Å². The fourth-order valence-electron chi connectivity index (χ4n) is 3.05. The number of hydrogen-bond donors (Lipinski definition) is 1. The Morgan fingerprint density at radius 2 is 1.90 bits per heavy atom. The van der Waals surface area contributed by atoms with Crippen LogP contribution >= 0.6 is 23.2 Å². The van der Waals surface area contributed by atoms with E-state index in [0.29, 0.717) is 5.69 Å². The largest absolute Gasteiger partial charge is 0.388 e. The summed E-state index contributed by atoms with van der Waals surface area (Å²) in [6, 6.07) is 5.01. The monoisotopic (exact) mass is 327 g/mol. The standard InChI is InChI=1S/C16H16Cl2FNO/c1-16(2)7-13-10(14(21)8-16)3-4-20(13)9-5-11(17)15(19)12(18)6-9/h3-6,14,21H,7-8H2,1-2H3. The highest BCUT2D eigenvalue weighted by Crippen LogP contribution is 2.42. The van der Waals surface area contributed by atoms with Gasteiger partial charge in [-0.3, -0.25) is 0 Å². The van der Waals surface area contributed by atoms with Crippen molar-refractivity contribution in [1.82, 2.24) is 4.57 Å². The van der Waals surface area contributed by atoms with Crippen LogP contribution in [0.15, 0.2) is 24.4 Å². The quantitative estimate of drug-likeness (QED) is 0.738. The van der Waals surface area contributed by atoms with Crippen molar-refractivity contribution in [1.29, 1.82) is 0 Å². The van der Waals surface area contributed by atoms with E-state index in [-0.39, 0.29) is 15.5 Å². The van der Waals surface area contributed by atoms with Crippen LogP contribution in [0, 0.1) is 11.2 Å². The lowest BCUT2D eigenvalue weighted by Gasteiger charge is -2.34. The molecule has 1 aliphatic rings. The van der Waals surface area contributed by atoms with E-state index < -0.39 is 11.9 Å². The van der Waals surface area contributed by atoms with E-state index >= 15 is 0 Å². The predicted octanol–water partition coefficient (Wildman–Crippen LogP) is 4.93. The predicted molar refractivity (Wildman–Crippen MR) is 82.8 cm³/mol. The van der Waals surface area contributed by atoms with Crippen LogP contribution in [0.25, 0.3) is 5.69 Å². The van der Waals surface area contributed by atoms with Gasteiger partial charge in [0.2, 0.25) is 0 Å². The molecule has 1 aromatic heterocycles. The van der Waals surface area contributed by atoms with E-state index in [0.717, 1.165) is 24.1 Å². The zero-order valence-electron chi connectivity index (χ0n) is 11.8. The van der Waals surface area contributed by atoms with Crippen LogP contribution < -0.4 is 0 Å². The van der Waals surface area contributed by atoms with Crippen LogP contribution in [0.4, 0.5) is 4.39 Å². The van der Waals surface area contributed by atoms with Crippen molar-refractivity contribution in [3.05, 3.63) is 51.5 Å². The number of nitrogens with zero attached hydrogens (tertiary/aromatic N) is 1. The maximum atomic E-state index is 13.6. The summed E-state index contributed by atoms with van der Waals surface area (Å²) in [6.45, 7) is 4.25. The zero-order valence-corrected chi connectivity index (χ0v) is 13.3. The van der Waals surface area contributed by atoms with E-state index in [1.165, 1.54) is 0 Å². The van der Waals surface area contributed by atoms with Crippen LogP contribution in [0.5, 0.6) is 0 Å². The topological polar surface area (TPSA) is 25.2 Å². The van der Waals surface area contributed by atoms with Crippen LogP contribution in [-0.2, 0) is 6.42 Å². The second kappa shape index (κ2) is 5.01. The Morgan fingerprint density at radius 1 is 1.29 bits per heavy atom. The van der Waals surface area contributed by atoms with Crippen LogP contribution in [0.3, 0.4) is 0 Å². The fourth-order valence-corrected chi connectivity index (χ4v) is 3.53. The number of fused-ring (bicyclic) bond motifs is 1. The van der Waals surface area contributed by atoms with Gasteiger partial charge in [-0.1, -0.05) is 37.0 Å². The molecule has 0 bridgehead atoms. The molecule has 1 aliphatic carbocycles. The smallest absolute Gasteiger partial charge is 0.160 e. The molecule has 2 aromatic rings. The van der Waals surface area contributed by atoms with E-state index in [4.69, 9.17) is 23.2 Å². The van der Waals surface area contributed by atoms with Crippen molar-refractivity contribution >= 4 is 23.2 Å². The Labute approximate surface area is 133 Å². The first kappa shape index (κ1) is 14.9. The summed E-state index contributed by atoms with van der Waals surface area (Å²) >= 11 is 11.8. The molecule has 0 saturated carbocycles. The number of benzene rings is 1. The molecule has 0 amide bonds. The van der Waals surface area contributed by atoms with E-state index in [1.54, 1.807) is 12.1 Å². The van der Waals surface area contributed by atoms with Crippen molar-refractivity contribution in [2.24, 2.45) is 5.41 Å². The van der Waals surface area contributed by atoms with Crippen LogP contribution in [-0.4, -0.2) is 9.67 Å². The minimum absolute atomic E-state index is 0.00410. The molecular formula is C16H16Cl2FNO. The molecule has 0 spiro atoms. The first-order valence-corrected chi connectivity index (χ1v) is 7.57. The third-order valence-electron chi connectivity index (χ3n) is 4.02. The van der Waals surface area contributed by atoms with Gasteiger partial charge in [-0.15, -0.1) is 0 Å². The molecule has 1 heterocycles. The number of halogens is 3. The summed E-state index contributed by atoms with van der Waals surface area (Å²) in [7, 11) is 0. The van der Waals surface area contributed by atoms with E-state index in [1.807, 2.05) is 16.8 Å². The molecule has 112 valence electrons. The van der Waals surface area contributed by atoms with Crippen molar-refractivity contribution in [3.8, 4) is 5.69 Å². The summed E-state index contributed by atoms with van der Waals surface area (Å²) < 4.78 is 15.5. The number of hydrogen-bond acceptors (Lipinski definition) is 1. The number of aromatic nitrogens is 1. The van der Waals surface area contributed by atoms with Crippen molar-refractivity contribution in [3.63, 3.8) is 0 Å². The Hall–Kier alpha value is -1.03. The molecule has 1 N–H and O–H groups in total. The van der Waals surface area contributed by atoms with Gasteiger partial charge in [-0.25, -0.2) is 4.39 Å². The van der Waals surface area contributed by atoms with Gasteiger partial charge in [0, 0.05) is 23.1 Å². The highest BCUT2D eigenvalue weighted by molar-refractivity contribution is 6.35. The normalized spacial score (nSPS) is 20.4. The third-order valence-corrected chi connectivity index (χ3v) is 4.57. The van der Waals surface area contributed by atoms with Gasteiger partial charge in [0.1, 0.15) is 0 Å². The lowest BCUT2D eigenvalue weighted by atomic mass is 9.75. The first-order valence-electron chi connectivity index (χ1n) is 6.81. The molecule has 1 aromatic carbocycles. The van der Waals surface area contributed by atoms with Crippen molar-refractivity contribution in [2.75, 3.05) is 0 Å². The van der Waals surface area contributed by atoms with Gasteiger partial charge in [0.15, 0.2) is 5.82 Å². The fraction of sp³-hybridized carbons (Fsp3) is 0.375. The summed E-state index contributed by atoms with van der Waals surface area (Å²) in [5, 5.41) is 10.3. The number of rotatable bonds is 1. The van der Waals surface area contributed by atoms with Gasteiger partial charge in [-0.05, 0) is 36.5 Å². The van der Waals surface area contributed by atoms with Gasteiger partial charge >= 0.3 is 0 Å². The average molecular weight is 328 g/mol. The maximum absolute atomic E-state index is 13.6. The average Bonchev–Trinajstić information content (AvgIpc) is 2.77. The first-order chi connectivity index (χ1) is 9.78. The van der Waals surface area contributed by atoms with Crippen LogP contribution in [0.2, 0.25) is 10.0 Å². The van der Waals surface area contributed by atoms with E-state index in [2.05, 4.69) is 13.8 Å². The lowest BCUT2D eigenvalue weighted by molar-refractivity contribution is 0.0987. The maximum Gasteiger partial charge on any atom is 0.160 e. The molecule has 3 rings (SSSR count). The Balaban J connectivity index is 2.14. The number of aliphatic hydroxyl groups excluding tert-OH is 1. The Kier molecular flexibility index (Phi) is 3.55. The minimum atomic E-state index is -0.608. The SMILES string of the molecule is CC1(C)Cc2c(ccn2-c2cc(Cl)c(F)c(Cl)c2)C(O)C1. The minimum Gasteiger partial charge on any atom is -0.388 e. The molecule has 0 fully saturated rings. The Bertz CT molecular complexity index is 685. The second-order valence-electron chi connectivity index (χ2n) is 6.37. The van der Waals surface area contributed by atoms with Gasteiger partial charge in [0.05, 0.1) is 16.1 Å². The molecule has 1 atom stereocenters. The zero-order chi connectivity index (χ0) is 15.4. The highest BCUT2D eigenvalue weighted by Gasteiger charge is 2.33.